The van der Waals surface area contributed by atoms with Crippen molar-refractivity contribution in [3.8, 4) is 0 Å². The highest BCUT2D eigenvalue weighted by Gasteiger charge is 2.42. The van der Waals surface area contributed by atoms with Gasteiger partial charge in [0.1, 0.15) is 0 Å². The van der Waals surface area contributed by atoms with Gasteiger partial charge in [-0.05, 0) is 32.6 Å². The molecule has 0 aromatic heterocycles. The highest BCUT2D eigenvalue weighted by Crippen LogP contribution is 2.36. The number of sulfone groups is 1. The molecular formula is C9H17NO2S. The first kappa shape index (κ1) is 9.46. The summed E-state index contributed by atoms with van der Waals surface area (Å²) in [6, 6.07) is 0.216. The fraction of sp³-hybridized carbons (Fsp3) is 1.00. The number of nitrogens with one attached hydrogen (secondary N) is 1. The van der Waals surface area contributed by atoms with Crippen LogP contribution in [0.3, 0.4) is 0 Å². The van der Waals surface area contributed by atoms with Gasteiger partial charge in [0.2, 0.25) is 0 Å². The van der Waals surface area contributed by atoms with Gasteiger partial charge in [0.25, 0.3) is 0 Å². The van der Waals surface area contributed by atoms with E-state index in [1.54, 1.807) is 0 Å². The summed E-state index contributed by atoms with van der Waals surface area (Å²) in [5.41, 5.74) is -0.232. The van der Waals surface area contributed by atoms with E-state index in [1.165, 1.54) is 12.8 Å². The van der Waals surface area contributed by atoms with Gasteiger partial charge < -0.3 is 5.32 Å². The van der Waals surface area contributed by atoms with Crippen LogP contribution >= 0.6 is 0 Å². The Hall–Kier alpha value is -0.0900. The van der Waals surface area contributed by atoms with E-state index in [4.69, 9.17) is 0 Å². The van der Waals surface area contributed by atoms with Gasteiger partial charge in [0, 0.05) is 11.6 Å². The molecule has 1 heterocycles. The number of hydrogen-bond acceptors (Lipinski definition) is 3. The number of hydrogen-bond donors (Lipinski definition) is 1. The summed E-state index contributed by atoms with van der Waals surface area (Å²) in [6.07, 6.45) is 2.40. The summed E-state index contributed by atoms with van der Waals surface area (Å²) in [5.74, 6) is 1.25. The van der Waals surface area contributed by atoms with E-state index in [2.05, 4.69) is 5.32 Å². The summed E-state index contributed by atoms with van der Waals surface area (Å²) in [7, 11) is -2.81. The van der Waals surface area contributed by atoms with Gasteiger partial charge in [0.15, 0.2) is 9.84 Å². The van der Waals surface area contributed by atoms with Crippen molar-refractivity contribution < 1.29 is 8.42 Å². The molecular weight excluding hydrogens is 186 g/mol. The third-order valence-electron chi connectivity index (χ3n) is 2.78. The predicted octanol–water partition coefficient (Wildman–Crippen LogP) is 0.562. The maximum atomic E-state index is 11.6. The molecule has 13 heavy (non-hydrogen) atoms. The second kappa shape index (κ2) is 2.70. The van der Waals surface area contributed by atoms with Crippen molar-refractivity contribution in [1.82, 2.24) is 5.32 Å². The molecule has 1 saturated heterocycles. The standard InChI is InChI=1S/C9H17NO2S/c1-9(2)6-13(11,12)5-8(10-9)7-3-4-7/h7-8,10H,3-6H2,1-2H3. The van der Waals surface area contributed by atoms with Crippen molar-refractivity contribution in [1.29, 1.82) is 0 Å². The molecule has 1 atom stereocenters. The Morgan fingerprint density at radius 3 is 2.38 bits per heavy atom. The molecule has 2 fully saturated rings. The Labute approximate surface area is 79.8 Å². The van der Waals surface area contributed by atoms with E-state index in [0.717, 1.165) is 0 Å². The minimum absolute atomic E-state index is 0.216. The fourth-order valence-corrected chi connectivity index (χ4v) is 4.42. The molecule has 76 valence electrons. The molecule has 1 aliphatic heterocycles. The quantitative estimate of drug-likeness (QED) is 0.677. The maximum absolute atomic E-state index is 11.6. The molecule has 3 nitrogen and oxygen atoms in total. The average molecular weight is 203 g/mol. The van der Waals surface area contributed by atoms with Crippen LogP contribution in [0.1, 0.15) is 26.7 Å². The molecule has 1 saturated carbocycles. The first-order chi connectivity index (χ1) is 5.88. The molecule has 1 N–H and O–H groups in total. The van der Waals surface area contributed by atoms with Gasteiger partial charge in [-0.25, -0.2) is 8.42 Å². The largest absolute Gasteiger partial charge is 0.307 e. The van der Waals surface area contributed by atoms with Crippen molar-refractivity contribution in [2.45, 2.75) is 38.3 Å². The van der Waals surface area contributed by atoms with E-state index in [-0.39, 0.29) is 17.3 Å². The van der Waals surface area contributed by atoms with E-state index >= 15 is 0 Å². The molecule has 0 bridgehead atoms. The topological polar surface area (TPSA) is 46.2 Å². The third kappa shape index (κ3) is 2.23. The van der Waals surface area contributed by atoms with E-state index < -0.39 is 9.84 Å². The zero-order valence-electron chi connectivity index (χ0n) is 8.21. The van der Waals surface area contributed by atoms with Crippen LogP contribution in [-0.2, 0) is 9.84 Å². The Balaban J connectivity index is 2.16. The molecule has 0 radical (unpaired) electrons. The molecule has 0 aromatic carbocycles. The van der Waals surface area contributed by atoms with Gasteiger partial charge in [-0.3, -0.25) is 0 Å². The molecule has 2 rings (SSSR count). The van der Waals surface area contributed by atoms with Gasteiger partial charge >= 0.3 is 0 Å². The van der Waals surface area contributed by atoms with Crippen LogP contribution in [0.2, 0.25) is 0 Å². The first-order valence-corrected chi connectivity index (χ1v) is 6.68. The second-order valence-corrected chi connectivity index (χ2v) is 7.14. The summed E-state index contributed by atoms with van der Waals surface area (Å²) in [5, 5.41) is 3.43. The average Bonchev–Trinajstić information content (AvgIpc) is 2.57. The van der Waals surface area contributed by atoms with Crippen LogP contribution in [0.5, 0.6) is 0 Å². The lowest BCUT2D eigenvalue weighted by molar-refractivity contribution is 0.334. The van der Waals surface area contributed by atoms with Crippen LogP contribution in [0.4, 0.5) is 0 Å². The van der Waals surface area contributed by atoms with Crippen molar-refractivity contribution in [3.05, 3.63) is 0 Å². The molecule has 2 aliphatic rings. The lowest BCUT2D eigenvalue weighted by atomic mass is 10.0. The zero-order chi connectivity index (χ0) is 9.69. The summed E-state index contributed by atoms with van der Waals surface area (Å²) < 4.78 is 23.1. The van der Waals surface area contributed by atoms with Crippen molar-refractivity contribution in [3.63, 3.8) is 0 Å². The fourth-order valence-electron chi connectivity index (χ4n) is 2.22. The minimum Gasteiger partial charge on any atom is -0.307 e. The summed E-state index contributed by atoms with van der Waals surface area (Å²) in [6.45, 7) is 3.94. The van der Waals surface area contributed by atoms with Crippen LogP contribution in [-0.4, -0.2) is 31.5 Å². The van der Waals surface area contributed by atoms with Crippen LogP contribution in [0.25, 0.3) is 0 Å². The van der Waals surface area contributed by atoms with E-state index in [1.807, 2.05) is 13.8 Å². The van der Waals surface area contributed by atoms with Crippen LogP contribution in [0.15, 0.2) is 0 Å². The molecule has 0 spiro atoms. The lowest BCUT2D eigenvalue weighted by Gasteiger charge is -2.36. The van der Waals surface area contributed by atoms with Crippen LogP contribution in [0, 0.1) is 5.92 Å². The molecule has 1 unspecified atom stereocenters. The Morgan fingerprint density at radius 1 is 1.31 bits per heavy atom. The highest BCUT2D eigenvalue weighted by atomic mass is 32.2. The third-order valence-corrected chi connectivity index (χ3v) is 4.81. The predicted molar refractivity (Wildman–Crippen MR) is 52.4 cm³/mol. The summed E-state index contributed by atoms with van der Waals surface area (Å²) in [4.78, 5) is 0. The smallest absolute Gasteiger partial charge is 0.153 e. The molecule has 0 aromatic rings. The second-order valence-electron chi connectivity index (χ2n) is 5.03. The Bertz CT molecular complexity index is 304. The molecule has 1 aliphatic carbocycles. The van der Waals surface area contributed by atoms with Crippen molar-refractivity contribution in [2.24, 2.45) is 5.92 Å². The monoisotopic (exact) mass is 203 g/mol. The Morgan fingerprint density at radius 2 is 1.92 bits per heavy atom. The van der Waals surface area contributed by atoms with Crippen molar-refractivity contribution >= 4 is 9.84 Å². The number of rotatable bonds is 1. The zero-order valence-corrected chi connectivity index (χ0v) is 9.02. The molecule has 4 heteroatoms. The van der Waals surface area contributed by atoms with Gasteiger partial charge in [-0.1, -0.05) is 0 Å². The van der Waals surface area contributed by atoms with E-state index in [0.29, 0.717) is 11.7 Å². The van der Waals surface area contributed by atoms with Gasteiger partial charge in [-0.2, -0.15) is 0 Å². The SMILES string of the molecule is CC1(C)CS(=O)(=O)CC(C2CC2)N1. The molecule has 0 amide bonds. The normalized spacial score (nSPS) is 37.2. The van der Waals surface area contributed by atoms with Crippen LogP contribution < -0.4 is 5.32 Å². The highest BCUT2D eigenvalue weighted by molar-refractivity contribution is 7.91. The van der Waals surface area contributed by atoms with Gasteiger partial charge in [0.05, 0.1) is 11.5 Å². The maximum Gasteiger partial charge on any atom is 0.153 e. The van der Waals surface area contributed by atoms with Crippen molar-refractivity contribution in [2.75, 3.05) is 11.5 Å². The first-order valence-electron chi connectivity index (χ1n) is 4.86. The van der Waals surface area contributed by atoms with Gasteiger partial charge in [-0.15, -0.1) is 0 Å². The summed E-state index contributed by atoms with van der Waals surface area (Å²) >= 11 is 0. The minimum atomic E-state index is -2.81. The Kier molecular flexibility index (Phi) is 1.97. The lowest BCUT2D eigenvalue weighted by Crippen LogP contribution is -2.58. The van der Waals surface area contributed by atoms with E-state index in [9.17, 15) is 8.42 Å².